The van der Waals surface area contributed by atoms with Gasteiger partial charge >= 0.3 is 6.03 Å². The van der Waals surface area contributed by atoms with E-state index in [1.165, 1.54) is 25.3 Å². The maximum Gasteiger partial charge on any atom is 0.335 e. The van der Waals surface area contributed by atoms with Crippen LogP contribution in [0.15, 0.2) is 66.2 Å². The zero-order valence-corrected chi connectivity index (χ0v) is 22.6. The Morgan fingerprint density at radius 3 is 2.29 bits per heavy atom. The van der Waals surface area contributed by atoms with Crippen LogP contribution in [0.2, 0.25) is 0 Å². The first-order chi connectivity index (χ1) is 18.2. The van der Waals surface area contributed by atoms with Gasteiger partial charge in [0.25, 0.3) is 17.5 Å². The number of hydrogen-bond donors (Lipinski definition) is 1. The van der Waals surface area contributed by atoms with E-state index in [9.17, 15) is 24.5 Å². The number of benzene rings is 3. The summed E-state index contributed by atoms with van der Waals surface area (Å²) in [5, 5.41) is 13.1. The van der Waals surface area contributed by atoms with E-state index in [1.54, 1.807) is 36.4 Å². The summed E-state index contributed by atoms with van der Waals surface area (Å²) in [6.07, 6.45) is 2.19. The molecule has 4 amide bonds. The molecule has 0 radical (unpaired) electrons. The summed E-state index contributed by atoms with van der Waals surface area (Å²) in [5.74, 6) is -0.748. The van der Waals surface area contributed by atoms with Gasteiger partial charge in [-0.15, -0.1) is 0 Å². The number of ether oxygens (including phenoxy) is 2. The largest absolute Gasteiger partial charge is 0.493 e. The number of aryl methyl sites for hydroxylation is 1. The minimum Gasteiger partial charge on any atom is -0.493 e. The van der Waals surface area contributed by atoms with Crippen LogP contribution in [-0.2, 0) is 22.6 Å². The van der Waals surface area contributed by atoms with E-state index in [-0.39, 0.29) is 17.9 Å². The van der Waals surface area contributed by atoms with Crippen molar-refractivity contribution in [3.05, 3.63) is 96.6 Å². The van der Waals surface area contributed by atoms with Crippen molar-refractivity contribution in [2.24, 2.45) is 0 Å². The van der Waals surface area contributed by atoms with Crippen molar-refractivity contribution < 1.29 is 28.8 Å². The zero-order valence-electron chi connectivity index (χ0n) is 20.4. The van der Waals surface area contributed by atoms with E-state index in [0.717, 1.165) is 22.4 Å². The number of carbonyl (C=O) groups excluding carboxylic acids is 3. The Kier molecular flexibility index (Phi) is 8.05. The molecule has 0 atom stereocenters. The van der Waals surface area contributed by atoms with Crippen LogP contribution in [0.1, 0.15) is 23.6 Å². The highest BCUT2D eigenvalue weighted by molar-refractivity contribution is 14.1. The standard InChI is InChI=1S/C27H22IN3O7/c1-3-16-4-8-19(9-5-16)30-26(33)21(25(32)29-27(30)34)12-18-13-22(28)24(23(14-18)37-2)38-15-17-6-10-20(11-7-17)31(35)36/h4-14H,3,15H2,1-2H3,(H,29,32,34)/b21-12-. The zero-order chi connectivity index (χ0) is 27.4. The summed E-state index contributed by atoms with van der Waals surface area (Å²) < 4.78 is 12.0. The molecular formula is C27H22IN3O7. The monoisotopic (exact) mass is 627 g/mol. The number of methoxy groups -OCH3 is 1. The maximum absolute atomic E-state index is 13.2. The molecule has 38 heavy (non-hydrogen) atoms. The number of barbiturate groups is 1. The fraction of sp³-hybridized carbons (Fsp3) is 0.148. The lowest BCUT2D eigenvalue weighted by atomic mass is 10.1. The van der Waals surface area contributed by atoms with E-state index in [1.807, 2.05) is 41.6 Å². The molecule has 1 heterocycles. The highest BCUT2D eigenvalue weighted by Crippen LogP contribution is 2.35. The smallest absolute Gasteiger partial charge is 0.335 e. The number of nitro groups is 1. The molecule has 3 aromatic rings. The molecule has 10 nitrogen and oxygen atoms in total. The molecule has 0 bridgehead atoms. The lowest BCUT2D eigenvalue weighted by Gasteiger charge is -2.26. The predicted octanol–water partition coefficient (Wildman–Crippen LogP) is 5.02. The molecule has 1 aliphatic rings. The van der Waals surface area contributed by atoms with Gasteiger partial charge in [0.15, 0.2) is 11.5 Å². The fourth-order valence-corrected chi connectivity index (χ4v) is 4.55. The van der Waals surface area contributed by atoms with Crippen molar-refractivity contribution in [2.45, 2.75) is 20.0 Å². The molecule has 0 unspecified atom stereocenters. The van der Waals surface area contributed by atoms with Crippen LogP contribution in [0.4, 0.5) is 16.2 Å². The summed E-state index contributed by atoms with van der Waals surface area (Å²) in [5.41, 5.74) is 2.39. The molecule has 11 heteroatoms. The third-order valence-electron chi connectivity index (χ3n) is 5.80. The Bertz CT molecular complexity index is 1450. The Hall–Kier alpha value is -4.26. The van der Waals surface area contributed by atoms with Crippen LogP contribution in [-0.4, -0.2) is 29.9 Å². The average Bonchev–Trinajstić information content (AvgIpc) is 2.90. The van der Waals surface area contributed by atoms with Gasteiger partial charge in [0.05, 0.1) is 21.3 Å². The highest BCUT2D eigenvalue weighted by atomic mass is 127. The summed E-state index contributed by atoms with van der Waals surface area (Å²) in [6.45, 7) is 2.13. The molecular weight excluding hydrogens is 605 g/mol. The molecule has 1 saturated heterocycles. The van der Waals surface area contributed by atoms with Gasteiger partial charge in [0.1, 0.15) is 12.2 Å². The number of hydrogen-bond acceptors (Lipinski definition) is 7. The second-order valence-corrected chi connectivity index (χ2v) is 9.39. The van der Waals surface area contributed by atoms with Gasteiger partial charge in [-0.1, -0.05) is 19.1 Å². The number of rotatable bonds is 8. The van der Waals surface area contributed by atoms with Crippen molar-refractivity contribution in [1.82, 2.24) is 5.32 Å². The van der Waals surface area contributed by atoms with Crippen LogP contribution in [0.5, 0.6) is 11.5 Å². The van der Waals surface area contributed by atoms with Gasteiger partial charge < -0.3 is 9.47 Å². The number of amides is 4. The van der Waals surface area contributed by atoms with Crippen LogP contribution in [0.25, 0.3) is 6.08 Å². The topological polar surface area (TPSA) is 128 Å². The van der Waals surface area contributed by atoms with Gasteiger partial charge in [-0.2, -0.15) is 0 Å². The molecule has 0 aliphatic carbocycles. The Labute approximate surface area is 231 Å². The van der Waals surface area contributed by atoms with E-state index in [2.05, 4.69) is 5.32 Å². The third kappa shape index (κ3) is 5.67. The van der Waals surface area contributed by atoms with Gasteiger partial charge in [-0.25, -0.2) is 9.69 Å². The van der Waals surface area contributed by atoms with Crippen molar-refractivity contribution in [2.75, 3.05) is 12.0 Å². The average molecular weight is 627 g/mol. The van der Waals surface area contributed by atoms with Crippen molar-refractivity contribution in [3.63, 3.8) is 0 Å². The first-order valence-corrected chi connectivity index (χ1v) is 12.5. The number of imide groups is 2. The number of anilines is 1. The molecule has 0 spiro atoms. The normalized spacial score (nSPS) is 14.4. The molecule has 1 aliphatic heterocycles. The molecule has 194 valence electrons. The number of nitrogens with one attached hydrogen (secondary N) is 1. The Balaban J connectivity index is 1.59. The van der Waals surface area contributed by atoms with Gasteiger partial charge in [-0.05, 0) is 88.2 Å². The SMILES string of the molecule is CCc1ccc(N2C(=O)NC(=O)/C(=C/c3cc(I)c(OCc4ccc([N+](=O)[O-])cc4)c(OC)c3)C2=O)cc1. The summed E-state index contributed by atoms with van der Waals surface area (Å²) in [4.78, 5) is 49.6. The van der Waals surface area contributed by atoms with E-state index < -0.39 is 22.8 Å². The minimum atomic E-state index is -0.816. The number of non-ortho nitro benzene ring substituents is 1. The summed E-state index contributed by atoms with van der Waals surface area (Å²) in [6, 6.07) is 15.5. The van der Waals surface area contributed by atoms with Crippen molar-refractivity contribution >= 4 is 57.9 Å². The van der Waals surface area contributed by atoms with Crippen molar-refractivity contribution in [3.8, 4) is 11.5 Å². The first kappa shape index (κ1) is 26.8. The number of carbonyl (C=O) groups is 3. The molecule has 1 N–H and O–H groups in total. The van der Waals surface area contributed by atoms with Crippen LogP contribution in [0.3, 0.4) is 0 Å². The summed E-state index contributed by atoms with van der Waals surface area (Å²) in [7, 11) is 1.46. The second kappa shape index (κ2) is 11.4. The maximum atomic E-state index is 13.2. The molecule has 0 saturated carbocycles. The van der Waals surface area contributed by atoms with E-state index in [0.29, 0.717) is 26.3 Å². The van der Waals surface area contributed by atoms with Crippen LogP contribution < -0.4 is 19.7 Å². The third-order valence-corrected chi connectivity index (χ3v) is 6.60. The van der Waals surface area contributed by atoms with Gasteiger partial charge in [-0.3, -0.25) is 25.0 Å². The fourth-order valence-electron chi connectivity index (χ4n) is 3.77. The van der Waals surface area contributed by atoms with Gasteiger partial charge in [0.2, 0.25) is 0 Å². The predicted molar refractivity (Wildman–Crippen MR) is 148 cm³/mol. The highest BCUT2D eigenvalue weighted by Gasteiger charge is 2.36. The number of halogens is 1. The molecule has 3 aromatic carbocycles. The lowest BCUT2D eigenvalue weighted by Crippen LogP contribution is -2.54. The minimum absolute atomic E-state index is 0.0159. The van der Waals surface area contributed by atoms with E-state index >= 15 is 0 Å². The Morgan fingerprint density at radius 1 is 1.03 bits per heavy atom. The van der Waals surface area contributed by atoms with Gasteiger partial charge in [0, 0.05) is 12.1 Å². The first-order valence-electron chi connectivity index (χ1n) is 11.5. The van der Waals surface area contributed by atoms with Crippen molar-refractivity contribution in [1.29, 1.82) is 0 Å². The van der Waals surface area contributed by atoms with Crippen LogP contribution in [0, 0.1) is 13.7 Å². The number of nitro benzene ring substituents is 1. The van der Waals surface area contributed by atoms with E-state index in [4.69, 9.17) is 9.47 Å². The summed E-state index contributed by atoms with van der Waals surface area (Å²) >= 11 is 2.05. The lowest BCUT2D eigenvalue weighted by molar-refractivity contribution is -0.384. The number of nitrogens with zero attached hydrogens (tertiary/aromatic N) is 2. The number of urea groups is 1. The Morgan fingerprint density at radius 2 is 1.68 bits per heavy atom. The molecule has 0 aromatic heterocycles. The van der Waals surface area contributed by atoms with Crippen LogP contribution >= 0.6 is 22.6 Å². The second-order valence-electron chi connectivity index (χ2n) is 8.22. The quantitative estimate of drug-likeness (QED) is 0.122. The molecule has 1 fully saturated rings. The molecule has 4 rings (SSSR count).